The fourth-order valence-corrected chi connectivity index (χ4v) is 0.835. The molecule has 0 radical (unpaired) electrons. The van der Waals surface area contributed by atoms with Crippen molar-refractivity contribution < 1.29 is 9.13 Å². The van der Waals surface area contributed by atoms with Gasteiger partial charge in [-0.3, -0.25) is 0 Å². The molecule has 0 aliphatic rings. The normalized spacial score (nSPS) is 10.9. The summed E-state index contributed by atoms with van der Waals surface area (Å²) < 4.78 is 17.3. The minimum absolute atomic E-state index is 0.0893. The van der Waals surface area contributed by atoms with Crippen molar-refractivity contribution in [1.29, 1.82) is 0 Å². The Kier molecular flexibility index (Phi) is 4.26. The van der Waals surface area contributed by atoms with E-state index in [1.807, 2.05) is 0 Å². The van der Waals surface area contributed by atoms with Gasteiger partial charge in [0.05, 0.1) is 6.33 Å². The first kappa shape index (κ1) is 11.1. The number of nitrogens with two attached hydrogens (primary N) is 1. The van der Waals surface area contributed by atoms with E-state index in [2.05, 4.69) is 9.83 Å². The van der Waals surface area contributed by atoms with Crippen molar-refractivity contribution in [2.75, 3.05) is 13.2 Å². The van der Waals surface area contributed by atoms with E-state index >= 15 is 0 Å². The van der Waals surface area contributed by atoms with Crippen LogP contribution in [0.25, 0.3) is 4.85 Å². The number of ether oxygens (including phenoxy) is 1. The van der Waals surface area contributed by atoms with Gasteiger partial charge in [-0.25, -0.2) is 4.39 Å². The quantitative estimate of drug-likeness (QED) is 0.766. The third kappa shape index (κ3) is 3.37. The summed E-state index contributed by atoms with van der Waals surface area (Å²) >= 11 is 0. The predicted molar refractivity (Wildman–Crippen MR) is 54.2 cm³/mol. The highest BCUT2D eigenvalue weighted by Gasteiger charge is 2.00. The number of hydrogen-bond acceptors (Lipinski definition) is 3. The van der Waals surface area contributed by atoms with Gasteiger partial charge >= 0.3 is 0 Å². The molecule has 0 saturated heterocycles. The second-order valence-corrected chi connectivity index (χ2v) is 2.72. The van der Waals surface area contributed by atoms with Gasteiger partial charge in [-0.05, 0) is 12.1 Å². The van der Waals surface area contributed by atoms with Crippen LogP contribution < -0.4 is 10.5 Å². The lowest BCUT2D eigenvalue weighted by Gasteiger charge is -2.05. The minimum atomic E-state index is 0.0893. The van der Waals surface area contributed by atoms with Gasteiger partial charge in [0.15, 0.2) is 11.9 Å². The molecule has 1 heterocycles. The number of aromatic nitrogens is 1. The molecular weight excluding hydrogens is 197 g/mol. The van der Waals surface area contributed by atoms with Crippen LogP contribution in [0.3, 0.4) is 0 Å². The molecule has 0 aliphatic carbocycles. The van der Waals surface area contributed by atoms with Crippen LogP contribution in [-0.2, 0) is 0 Å². The van der Waals surface area contributed by atoms with E-state index in [-0.39, 0.29) is 13.2 Å². The summed E-state index contributed by atoms with van der Waals surface area (Å²) in [6.07, 6.45) is 1.85. The Morgan fingerprint density at radius 1 is 1.67 bits per heavy atom. The standard InChI is InChI=1S/C10H10FN3O/c1-13-10-3-2-9(6-14-10)15-7-8(4-11)5-12/h2-4,6H,5,7,12H2/b8-4-. The summed E-state index contributed by atoms with van der Waals surface area (Å²) in [5, 5.41) is 0. The smallest absolute Gasteiger partial charge is 0.269 e. The fourth-order valence-electron chi connectivity index (χ4n) is 0.835. The average Bonchev–Trinajstić information content (AvgIpc) is 2.31. The molecule has 2 N–H and O–H groups in total. The zero-order chi connectivity index (χ0) is 11.1. The van der Waals surface area contributed by atoms with E-state index in [1.54, 1.807) is 6.07 Å². The van der Waals surface area contributed by atoms with E-state index < -0.39 is 0 Å². The van der Waals surface area contributed by atoms with Crippen LogP contribution in [0, 0.1) is 6.57 Å². The lowest BCUT2D eigenvalue weighted by Crippen LogP contribution is -2.10. The van der Waals surface area contributed by atoms with Crippen LogP contribution in [-0.4, -0.2) is 18.1 Å². The summed E-state index contributed by atoms with van der Waals surface area (Å²) in [7, 11) is 0. The van der Waals surface area contributed by atoms with Gasteiger partial charge in [0, 0.05) is 12.1 Å². The Hall–Kier alpha value is -1.93. The molecule has 0 aromatic carbocycles. The molecule has 5 heteroatoms. The number of hydrogen-bond donors (Lipinski definition) is 1. The van der Waals surface area contributed by atoms with Crippen molar-refractivity contribution in [2.45, 2.75) is 0 Å². The lowest BCUT2D eigenvalue weighted by molar-refractivity contribution is 0.346. The first-order valence-electron chi connectivity index (χ1n) is 4.24. The molecule has 0 unspecified atom stereocenters. The van der Waals surface area contributed by atoms with Gasteiger partial charge < -0.3 is 15.3 Å². The Bertz CT molecular complexity index is 381. The van der Waals surface area contributed by atoms with Crippen molar-refractivity contribution in [3.05, 3.63) is 41.6 Å². The molecule has 0 fully saturated rings. The van der Waals surface area contributed by atoms with Crippen molar-refractivity contribution >= 4 is 5.82 Å². The van der Waals surface area contributed by atoms with Gasteiger partial charge in [0.25, 0.3) is 5.82 Å². The third-order valence-electron chi connectivity index (χ3n) is 1.68. The van der Waals surface area contributed by atoms with Crippen molar-refractivity contribution in [2.24, 2.45) is 5.73 Å². The molecule has 1 rings (SSSR count). The van der Waals surface area contributed by atoms with Gasteiger partial charge in [0.1, 0.15) is 6.61 Å². The van der Waals surface area contributed by atoms with Gasteiger partial charge in [-0.1, -0.05) is 6.57 Å². The molecule has 0 atom stereocenters. The van der Waals surface area contributed by atoms with Crippen LogP contribution in [0.1, 0.15) is 0 Å². The first-order chi connectivity index (χ1) is 7.30. The monoisotopic (exact) mass is 207 g/mol. The second-order valence-electron chi connectivity index (χ2n) is 2.72. The maximum atomic E-state index is 12.1. The zero-order valence-electron chi connectivity index (χ0n) is 7.98. The fraction of sp³-hybridized carbons (Fsp3) is 0.200. The SMILES string of the molecule is [C-]#[N+]c1ccc(OC/C(=C\F)CN)cn1. The molecule has 0 bridgehead atoms. The zero-order valence-corrected chi connectivity index (χ0v) is 7.98. The lowest BCUT2D eigenvalue weighted by atomic mass is 10.3. The summed E-state index contributed by atoms with van der Waals surface area (Å²) in [5.41, 5.74) is 5.61. The van der Waals surface area contributed by atoms with Gasteiger partial charge in [0.2, 0.25) is 0 Å². The molecular formula is C10H10FN3O. The summed E-state index contributed by atoms with van der Waals surface area (Å²) in [4.78, 5) is 6.93. The molecule has 78 valence electrons. The third-order valence-corrected chi connectivity index (χ3v) is 1.68. The van der Waals surface area contributed by atoms with Crippen molar-refractivity contribution in [1.82, 2.24) is 4.98 Å². The summed E-state index contributed by atoms with van der Waals surface area (Å²) in [6.45, 7) is 6.89. The van der Waals surface area contributed by atoms with Gasteiger partial charge in [-0.2, -0.15) is 0 Å². The molecule has 0 saturated carbocycles. The van der Waals surface area contributed by atoms with Crippen molar-refractivity contribution in [3.8, 4) is 5.75 Å². The second kappa shape index (κ2) is 5.73. The summed E-state index contributed by atoms with van der Waals surface area (Å²) in [6, 6.07) is 3.14. The van der Waals surface area contributed by atoms with E-state index in [9.17, 15) is 4.39 Å². The first-order valence-corrected chi connectivity index (χ1v) is 4.24. The van der Waals surface area contributed by atoms with Crippen LogP contribution >= 0.6 is 0 Å². The van der Waals surface area contributed by atoms with E-state index in [0.29, 0.717) is 23.5 Å². The molecule has 15 heavy (non-hydrogen) atoms. The highest BCUT2D eigenvalue weighted by molar-refractivity contribution is 5.38. The minimum Gasteiger partial charge on any atom is -0.485 e. The molecule has 1 aromatic rings. The molecule has 0 spiro atoms. The van der Waals surface area contributed by atoms with Gasteiger partial charge in [-0.15, -0.1) is 4.98 Å². The number of rotatable bonds is 4. The molecule has 0 amide bonds. The highest BCUT2D eigenvalue weighted by atomic mass is 19.1. The number of pyridine rings is 1. The van der Waals surface area contributed by atoms with Crippen LogP contribution in [0.4, 0.5) is 10.2 Å². The predicted octanol–water partition coefficient (Wildman–Crippen LogP) is 1.82. The maximum absolute atomic E-state index is 12.1. The van der Waals surface area contributed by atoms with E-state index in [1.165, 1.54) is 12.3 Å². The van der Waals surface area contributed by atoms with Crippen molar-refractivity contribution in [3.63, 3.8) is 0 Å². The van der Waals surface area contributed by atoms with Crippen LogP contribution in [0.5, 0.6) is 5.75 Å². The molecule has 4 nitrogen and oxygen atoms in total. The Morgan fingerprint density at radius 2 is 2.47 bits per heavy atom. The Balaban J connectivity index is 2.55. The number of nitrogens with zero attached hydrogens (tertiary/aromatic N) is 2. The van der Waals surface area contributed by atoms with Crippen LogP contribution in [0.15, 0.2) is 30.2 Å². The molecule has 0 aliphatic heterocycles. The summed E-state index contributed by atoms with van der Waals surface area (Å²) in [5.74, 6) is 0.776. The topological polar surface area (TPSA) is 52.5 Å². The Morgan fingerprint density at radius 3 is 2.93 bits per heavy atom. The highest BCUT2D eigenvalue weighted by Crippen LogP contribution is 2.14. The Labute approximate surface area is 87.0 Å². The van der Waals surface area contributed by atoms with E-state index in [0.717, 1.165) is 0 Å². The largest absolute Gasteiger partial charge is 0.485 e. The number of halogens is 1. The van der Waals surface area contributed by atoms with Crippen LogP contribution in [0.2, 0.25) is 0 Å². The molecule has 1 aromatic heterocycles. The average molecular weight is 207 g/mol. The van der Waals surface area contributed by atoms with E-state index in [4.69, 9.17) is 17.0 Å². The maximum Gasteiger partial charge on any atom is 0.269 e.